The number of hydrogen-bond acceptors (Lipinski definition) is 4. The van der Waals surface area contributed by atoms with Crippen molar-refractivity contribution in [2.45, 2.75) is 45.3 Å². The van der Waals surface area contributed by atoms with E-state index in [1.54, 1.807) is 13.0 Å². The third-order valence-electron chi connectivity index (χ3n) is 4.44. The second kappa shape index (κ2) is 5.05. The number of carbonyl (C=O) groups excluding carboxylic acids is 1. The molecule has 23 heavy (non-hydrogen) atoms. The number of amides is 1. The van der Waals surface area contributed by atoms with Crippen LogP contribution in [0.15, 0.2) is 28.7 Å². The zero-order valence-electron chi connectivity index (χ0n) is 13.3. The third kappa shape index (κ3) is 2.46. The van der Waals surface area contributed by atoms with Gasteiger partial charge in [-0.1, -0.05) is 0 Å². The molecule has 1 aliphatic carbocycles. The van der Waals surface area contributed by atoms with Gasteiger partial charge in [-0.05, 0) is 44.9 Å². The molecular formula is C18H19NO4. The maximum atomic E-state index is 12.4. The Morgan fingerprint density at radius 3 is 2.52 bits per heavy atom. The molecule has 1 fully saturated rings. The molecule has 1 spiro atoms. The second-order valence-electron chi connectivity index (χ2n) is 6.26. The normalized spacial score (nSPS) is 17.7. The molecule has 0 unspecified atom stereocenters. The second-order valence-corrected chi connectivity index (χ2v) is 6.26. The monoisotopic (exact) mass is 313 g/mol. The van der Waals surface area contributed by atoms with Crippen LogP contribution >= 0.6 is 0 Å². The fourth-order valence-electron chi connectivity index (χ4n) is 3.34. The average molecular weight is 313 g/mol. The van der Waals surface area contributed by atoms with Crippen LogP contribution in [0.25, 0.3) is 0 Å². The lowest BCUT2D eigenvalue weighted by molar-refractivity contribution is -0.0716. The van der Waals surface area contributed by atoms with E-state index in [1.807, 2.05) is 25.1 Å². The van der Waals surface area contributed by atoms with Crippen LogP contribution in [-0.4, -0.2) is 11.7 Å². The minimum Gasteiger partial charge on any atom is -0.466 e. The highest BCUT2D eigenvalue weighted by Crippen LogP contribution is 2.47. The van der Waals surface area contributed by atoms with Gasteiger partial charge in [-0.25, -0.2) is 0 Å². The van der Waals surface area contributed by atoms with Crippen molar-refractivity contribution in [2.24, 2.45) is 0 Å². The summed E-state index contributed by atoms with van der Waals surface area (Å²) >= 11 is 0. The van der Waals surface area contributed by atoms with Crippen LogP contribution < -0.4 is 14.8 Å². The van der Waals surface area contributed by atoms with Crippen LogP contribution in [0.1, 0.15) is 47.6 Å². The van der Waals surface area contributed by atoms with Crippen LogP contribution in [0.5, 0.6) is 11.5 Å². The first-order chi connectivity index (χ1) is 11.0. The summed E-state index contributed by atoms with van der Waals surface area (Å²) in [6.07, 6.45) is 4.07. The molecule has 1 aromatic carbocycles. The largest absolute Gasteiger partial charge is 0.466 e. The van der Waals surface area contributed by atoms with Crippen LogP contribution in [0.3, 0.4) is 0 Å². The van der Waals surface area contributed by atoms with Gasteiger partial charge in [0, 0.05) is 24.6 Å². The van der Waals surface area contributed by atoms with Crippen LogP contribution in [-0.2, 0) is 0 Å². The van der Waals surface area contributed by atoms with E-state index in [1.165, 1.54) is 0 Å². The standard InChI is InChI=1S/C18H19NO4/c1-11-9-14(12(2)21-11)17(20)19-13-5-6-15-16(10-13)23-18(22-15)7-3-4-8-18/h5-6,9-10H,3-4,7-8H2,1-2H3,(H,19,20). The first kappa shape index (κ1) is 14.2. The molecule has 1 amide bonds. The lowest BCUT2D eigenvalue weighted by Gasteiger charge is -2.21. The summed E-state index contributed by atoms with van der Waals surface area (Å²) in [5.41, 5.74) is 1.23. The number of benzene rings is 1. The SMILES string of the molecule is Cc1cc(C(=O)Nc2ccc3c(c2)OC2(CCCC2)O3)c(C)o1. The molecule has 1 aliphatic heterocycles. The van der Waals surface area contributed by atoms with E-state index in [-0.39, 0.29) is 5.91 Å². The van der Waals surface area contributed by atoms with Crippen molar-refractivity contribution < 1.29 is 18.7 Å². The molecule has 120 valence electrons. The fourth-order valence-corrected chi connectivity index (χ4v) is 3.34. The van der Waals surface area contributed by atoms with Gasteiger partial charge in [-0.3, -0.25) is 4.79 Å². The lowest BCUT2D eigenvalue weighted by Crippen LogP contribution is -2.34. The quantitative estimate of drug-likeness (QED) is 0.903. The molecule has 2 heterocycles. The van der Waals surface area contributed by atoms with E-state index in [4.69, 9.17) is 13.9 Å². The van der Waals surface area contributed by atoms with Crippen molar-refractivity contribution in [3.8, 4) is 11.5 Å². The third-order valence-corrected chi connectivity index (χ3v) is 4.44. The minimum absolute atomic E-state index is 0.186. The maximum Gasteiger partial charge on any atom is 0.259 e. The van der Waals surface area contributed by atoms with Crippen LogP contribution in [0.4, 0.5) is 5.69 Å². The first-order valence-corrected chi connectivity index (χ1v) is 7.95. The van der Waals surface area contributed by atoms with Gasteiger partial charge in [0.25, 0.3) is 11.7 Å². The predicted octanol–water partition coefficient (Wildman–Crippen LogP) is 4.19. The Balaban J connectivity index is 1.54. The molecule has 1 aromatic heterocycles. The number of aryl methyl sites for hydroxylation is 2. The first-order valence-electron chi connectivity index (χ1n) is 7.95. The smallest absolute Gasteiger partial charge is 0.259 e. The molecular weight excluding hydrogens is 294 g/mol. The molecule has 0 saturated heterocycles. The summed E-state index contributed by atoms with van der Waals surface area (Å²) in [6, 6.07) is 7.25. The lowest BCUT2D eigenvalue weighted by atomic mass is 10.2. The van der Waals surface area contributed by atoms with Gasteiger partial charge < -0.3 is 19.2 Å². The molecule has 0 atom stereocenters. The Labute approximate surface area is 134 Å². The molecule has 1 N–H and O–H groups in total. The zero-order valence-corrected chi connectivity index (χ0v) is 13.3. The number of nitrogens with one attached hydrogen (secondary N) is 1. The van der Waals surface area contributed by atoms with Gasteiger partial charge in [-0.15, -0.1) is 0 Å². The van der Waals surface area contributed by atoms with E-state index in [2.05, 4.69) is 5.32 Å². The number of rotatable bonds is 2. The molecule has 2 aliphatic rings. The zero-order chi connectivity index (χ0) is 16.0. The number of fused-ring (bicyclic) bond motifs is 1. The van der Waals surface area contributed by atoms with Gasteiger partial charge in [0.15, 0.2) is 11.5 Å². The highest BCUT2D eigenvalue weighted by molar-refractivity contribution is 6.05. The maximum absolute atomic E-state index is 12.4. The molecule has 0 bridgehead atoms. The Hall–Kier alpha value is -2.43. The van der Waals surface area contributed by atoms with Crippen LogP contribution in [0.2, 0.25) is 0 Å². The molecule has 1 saturated carbocycles. The minimum atomic E-state index is -0.483. The van der Waals surface area contributed by atoms with Gasteiger partial charge in [0.05, 0.1) is 5.56 Å². The highest BCUT2D eigenvalue weighted by atomic mass is 16.7. The topological polar surface area (TPSA) is 60.7 Å². The Morgan fingerprint density at radius 2 is 1.83 bits per heavy atom. The molecule has 0 radical (unpaired) electrons. The average Bonchev–Trinajstić information content (AvgIpc) is 3.18. The van der Waals surface area contributed by atoms with Crippen molar-refractivity contribution in [3.63, 3.8) is 0 Å². The predicted molar refractivity (Wildman–Crippen MR) is 85.0 cm³/mol. The van der Waals surface area contributed by atoms with E-state index >= 15 is 0 Å². The van der Waals surface area contributed by atoms with Gasteiger partial charge in [0.2, 0.25) is 0 Å². The summed E-state index contributed by atoms with van der Waals surface area (Å²) in [4.78, 5) is 12.4. The molecule has 5 heteroatoms. The highest BCUT2D eigenvalue weighted by Gasteiger charge is 2.44. The summed E-state index contributed by atoms with van der Waals surface area (Å²) in [5, 5.41) is 2.89. The van der Waals surface area contributed by atoms with Gasteiger partial charge in [-0.2, -0.15) is 0 Å². The Morgan fingerprint density at radius 1 is 1.09 bits per heavy atom. The van der Waals surface area contributed by atoms with Crippen molar-refractivity contribution in [1.82, 2.24) is 0 Å². The summed E-state index contributed by atoms with van der Waals surface area (Å²) in [7, 11) is 0. The van der Waals surface area contributed by atoms with Gasteiger partial charge in [0.1, 0.15) is 11.5 Å². The van der Waals surface area contributed by atoms with E-state index in [0.717, 1.165) is 37.2 Å². The Bertz CT molecular complexity index is 771. The molecule has 4 rings (SSSR count). The summed E-state index contributed by atoms with van der Waals surface area (Å²) in [6.45, 7) is 3.61. The van der Waals surface area contributed by atoms with Crippen molar-refractivity contribution >= 4 is 11.6 Å². The van der Waals surface area contributed by atoms with Crippen molar-refractivity contribution in [1.29, 1.82) is 0 Å². The number of furan rings is 1. The number of anilines is 1. The van der Waals surface area contributed by atoms with Crippen molar-refractivity contribution in [3.05, 3.63) is 41.3 Å². The van der Waals surface area contributed by atoms with Gasteiger partial charge >= 0.3 is 0 Å². The van der Waals surface area contributed by atoms with E-state index < -0.39 is 5.79 Å². The number of hydrogen-bond donors (Lipinski definition) is 1. The van der Waals surface area contributed by atoms with Crippen LogP contribution in [0, 0.1) is 13.8 Å². The number of ether oxygens (including phenoxy) is 2. The number of carbonyl (C=O) groups is 1. The molecule has 5 nitrogen and oxygen atoms in total. The fraction of sp³-hybridized carbons (Fsp3) is 0.389. The Kier molecular flexibility index (Phi) is 3.11. The molecule has 2 aromatic rings. The van der Waals surface area contributed by atoms with E-state index in [9.17, 15) is 4.79 Å². The van der Waals surface area contributed by atoms with Crippen molar-refractivity contribution in [2.75, 3.05) is 5.32 Å². The summed E-state index contributed by atoms with van der Waals surface area (Å²) < 4.78 is 17.4. The summed E-state index contributed by atoms with van der Waals surface area (Å²) in [5.74, 6) is 2.12. The van der Waals surface area contributed by atoms with E-state index in [0.29, 0.717) is 22.8 Å².